The molecule has 0 aliphatic carbocycles. The van der Waals surface area contributed by atoms with Crippen LogP contribution in [0.3, 0.4) is 0 Å². The zero-order valence-electron chi connectivity index (χ0n) is 14.4. The molecule has 3 aromatic rings. The highest BCUT2D eigenvalue weighted by molar-refractivity contribution is 5.97. The predicted octanol–water partition coefficient (Wildman–Crippen LogP) is 4.10. The Morgan fingerprint density at radius 2 is 1.77 bits per heavy atom. The Labute approximate surface area is 151 Å². The van der Waals surface area contributed by atoms with Gasteiger partial charge in [-0.1, -0.05) is 60.7 Å². The lowest BCUT2D eigenvalue weighted by molar-refractivity contribution is -0.139. The first-order valence-electron chi connectivity index (χ1n) is 8.62. The van der Waals surface area contributed by atoms with Crippen LogP contribution in [0.1, 0.15) is 24.0 Å². The molecule has 0 saturated heterocycles. The van der Waals surface area contributed by atoms with Crippen molar-refractivity contribution in [3.05, 3.63) is 89.3 Å². The lowest BCUT2D eigenvalue weighted by Gasteiger charge is -2.29. The molecule has 26 heavy (non-hydrogen) atoms. The van der Waals surface area contributed by atoms with Crippen LogP contribution < -0.4 is 10.5 Å². The number of carbonyl (C=O) groups excluding carboxylic acids is 1. The highest BCUT2D eigenvalue weighted by Gasteiger charge is 2.36. The molecule has 0 amide bonds. The van der Waals surface area contributed by atoms with Gasteiger partial charge in [-0.15, -0.1) is 0 Å². The molecule has 1 aliphatic rings. The highest BCUT2D eigenvalue weighted by atomic mass is 16.5. The number of esters is 1. The van der Waals surface area contributed by atoms with Crippen molar-refractivity contribution < 1.29 is 14.3 Å². The van der Waals surface area contributed by atoms with Gasteiger partial charge in [-0.25, -0.2) is 4.79 Å². The Balaban J connectivity index is 2.01. The summed E-state index contributed by atoms with van der Waals surface area (Å²) in [6.07, 6.45) is 0. The number of nitrogens with two attached hydrogens (primary N) is 1. The molecule has 0 unspecified atom stereocenters. The van der Waals surface area contributed by atoms with Gasteiger partial charge in [-0.3, -0.25) is 0 Å². The molecule has 1 atom stereocenters. The largest absolute Gasteiger partial charge is 0.462 e. The Morgan fingerprint density at radius 1 is 1.04 bits per heavy atom. The van der Waals surface area contributed by atoms with Gasteiger partial charge in [0.25, 0.3) is 0 Å². The van der Waals surface area contributed by atoms with E-state index in [9.17, 15) is 4.79 Å². The molecule has 4 rings (SSSR count). The quantitative estimate of drug-likeness (QED) is 0.726. The zero-order valence-corrected chi connectivity index (χ0v) is 14.4. The minimum atomic E-state index is -0.447. The summed E-state index contributed by atoms with van der Waals surface area (Å²) < 4.78 is 11.1. The summed E-state index contributed by atoms with van der Waals surface area (Å²) in [7, 11) is 0. The first-order chi connectivity index (χ1) is 12.7. The van der Waals surface area contributed by atoms with Crippen LogP contribution in [0, 0.1) is 0 Å². The third kappa shape index (κ3) is 2.60. The van der Waals surface area contributed by atoms with Crippen LogP contribution in [-0.2, 0) is 9.53 Å². The maximum absolute atomic E-state index is 12.7. The average molecular weight is 345 g/mol. The van der Waals surface area contributed by atoms with Crippen LogP contribution in [0.2, 0.25) is 0 Å². The second-order valence-corrected chi connectivity index (χ2v) is 6.14. The smallest absolute Gasteiger partial charge is 0.340 e. The Bertz CT molecular complexity index is 1010. The van der Waals surface area contributed by atoms with Crippen molar-refractivity contribution in [2.75, 3.05) is 6.61 Å². The fraction of sp³-hybridized carbons (Fsp3) is 0.136. The van der Waals surface area contributed by atoms with Gasteiger partial charge in [0, 0.05) is 5.56 Å². The molecule has 0 saturated carbocycles. The predicted molar refractivity (Wildman–Crippen MR) is 101 cm³/mol. The summed E-state index contributed by atoms with van der Waals surface area (Å²) in [5, 5.41) is 2.12. The molecule has 1 heterocycles. The van der Waals surface area contributed by atoms with Crippen LogP contribution in [0.5, 0.6) is 5.75 Å². The third-order valence-electron chi connectivity index (χ3n) is 4.62. The maximum atomic E-state index is 12.7. The molecule has 4 nitrogen and oxygen atoms in total. The van der Waals surface area contributed by atoms with Crippen molar-refractivity contribution in [3.8, 4) is 5.75 Å². The van der Waals surface area contributed by atoms with Gasteiger partial charge in [-0.05, 0) is 29.3 Å². The van der Waals surface area contributed by atoms with E-state index >= 15 is 0 Å². The Hall–Kier alpha value is -3.27. The Kier molecular flexibility index (Phi) is 4.09. The maximum Gasteiger partial charge on any atom is 0.340 e. The summed E-state index contributed by atoms with van der Waals surface area (Å²) in [5.74, 6) is -0.0225. The highest BCUT2D eigenvalue weighted by Crippen LogP contribution is 2.45. The van der Waals surface area contributed by atoms with Crippen LogP contribution in [-0.4, -0.2) is 12.6 Å². The summed E-state index contributed by atoms with van der Waals surface area (Å²) in [6.45, 7) is 2.05. The number of benzene rings is 3. The first kappa shape index (κ1) is 16.2. The average Bonchev–Trinajstić information content (AvgIpc) is 2.67. The van der Waals surface area contributed by atoms with Crippen molar-refractivity contribution in [1.29, 1.82) is 0 Å². The van der Waals surface area contributed by atoms with Crippen LogP contribution in [0.15, 0.2) is 78.2 Å². The molecule has 0 aromatic heterocycles. The Morgan fingerprint density at radius 3 is 2.54 bits per heavy atom. The van der Waals surface area contributed by atoms with Gasteiger partial charge in [0.05, 0.1) is 12.5 Å². The molecule has 4 heteroatoms. The van der Waals surface area contributed by atoms with E-state index in [4.69, 9.17) is 15.2 Å². The summed E-state index contributed by atoms with van der Waals surface area (Å²) >= 11 is 0. The van der Waals surface area contributed by atoms with Crippen molar-refractivity contribution in [3.63, 3.8) is 0 Å². The van der Waals surface area contributed by atoms with E-state index in [2.05, 4.69) is 0 Å². The number of hydrogen-bond acceptors (Lipinski definition) is 4. The molecule has 0 radical (unpaired) electrons. The monoisotopic (exact) mass is 345 g/mol. The van der Waals surface area contributed by atoms with E-state index in [0.717, 1.165) is 21.9 Å². The molecule has 2 N–H and O–H groups in total. The second kappa shape index (κ2) is 6.56. The van der Waals surface area contributed by atoms with E-state index in [1.165, 1.54) is 0 Å². The standard InChI is InChI=1S/C22H19NO3/c1-2-25-22(24)20-18(15-9-4-3-5-10-15)19-16-11-7-6-8-14(16)12-13-17(19)26-21(20)23/h3-13,18H,2,23H2,1H3/t18-/m0/s1. The number of carbonyl (C=O) groups is 1. The van der Waals surface area contributed by atoms with E-state index in [1.54, 1.807) is 6.92 Å². The van der Waals surface area contributed by atoms with E-state index < -0.39 is 5.97 Å². The zero-order chi connectivity index (χ0) is 18.1. The minimum absolute atomic E-state index is 0.0973. The summed E-state index contributed by atoms with van der Waals surface area (Å²) in [5.41, 5.74) is 8.41. The molecular formula is C22H19NO3. The number of ether oxygens (including phenoxy) is 2. The van der Waals surface area contributed by atoms with E-state index in [-0.39, 0.29) is 18.4 Å². The van der Waals surface area contributed by atoms with Gasteiger partial charge in [0.15, 0.2) is 0 Å². The van der Waals surface area contributed by atoms with Crippen molar-refractivity contribution in [2.45, 2.75) is 12.8 Å². The lowest BCUT2D eigenvalue weighted by atomic mass is 9.80. The summed E-state index contributed by atoms with van der Waals surface area (Å²) in [4.78, 5) is 12.7. The molecule has 3 aromatic carbocycles. The van der Waals surface area contributed by atoms with Crippen molar-refractivity contribution >= 4 is 16.7 Å². The molecule has 0 bridgehead atoms. The van der Waals surface area contributed by atoms with Crippen molar-refractivity contribution in [1.82, 2.24) is 0 Å². The lowest BCUT2D eigenvalue weighted by Crippen LogP contribution is -2.27. The van der Waals surface area contributed by atoms with Crippen molar-refractivity contribution in [2.24, 2.45) is 5.73 Å². The second-order valence-electron chi connectivity index (χ2n) is 6.14. The molecule has 130 valence electrons. The minimum Gasteiger partial charge on any atom is -0.462 e. The SMILES string of the molecule is CCOC(=O)C1=C(N)Oc2ccc3ccccc3c2[C@@H]1c1ccccc1. The van der Waals surface area contributed by atoms with E-state index in [1.807, 2.05) is 66.7 Å². The fourth-order valence-electron chi connectivity index (χ4n) is 3.53. The topological polar surface area (TPSA) is 61.5 Å². The molecular weight excluding hydrogens is 326 g/mol. The number of fused-ring (bicyclic) bond motifs is 3. The fourth-order valence-corrected chi connectivity index (χ4v) is 3.53. The van der Waals surface area contributed by atoms with Crippen LogP contribution >= 0.6 is 0 Å². The number of hydrogen-bond donors (Lipinski definition) is 1. The van der Waals surface area contributed by atoms with Gasteiger partial charge >= 0.3 is 5.97 Å². The van der Waals surface area contributed by atoms with Gasteiger partial charge in [-0.2, -0.15) is 0 Å². The van der Waals surface area contributed by atoms with Gasteiger partial charge < -0.3 is 15.2 Å². The van der Waals surface area contributed by atoms with Gasteiger partial charge in [0.2, 0.25) is 5.88 Å². The summed E-state index contributed by atoms with van der Waals surface area (Å²) in [6, 6.07) is 21.8. The van der Waals surface area contributed by atoms with E-state index in [0.29, 0.717) is 11.3 Å². The van der Waals surface area contributed by atoms with Crippen LogP contribution in [0.4, 0.5) is 0 Å². The molecule has 1 aliphatic heterocycles. The third-order valence-corrected chi connectivity index (χ3v) is 4.62. The normalized spacial score (nSPS) is 16.1. The first-order valence-corrected chi connectivity index (χ1v) is 8.62. The molecule has 0 fully saturated rings. The molecule has 0 spiro atoms. The number of rotatable bonds is 3. The van der Waals surface area contributed by atoms with Crippen LogP contribution in [0.25, 0.3) is 10.8 Å². The van der Waals surface area contributed by atoms with Gasteiger partial charge in [0.1, 0.15) is 11.3 Å².